The summed E-state index contributed by atoms with van der Waals surface area (Å²) in [5.74, 6) is 0.0358. The van der Waals surface area contributed by atoms with E-state index in [1.54, 1.807) is 37.4 Å². The molecule has 0 fully saturated rings. The molecule has 0 heterocycles. The van der Waals surface area contributed by atoms with E-state index in [4.69, 9.17) is 15.2 Å². The number of hydrogen-bond acceptors (Lipinski definition) is 5. The predicted molar refractivity (Wildman–Crippen MR) is 65.0 cm³/mol. The van der Waals surface area contributed by atoms with Gasteiger partial charge in [0.1, 0.15) is 23.7 Å². The van der Waals surface area contributed by atoms with Crippen LogP contribution in [0.3, 0.4) is 0 Å². The molecule has 0 saturated heterocycles. The van der Waals surface area contributed by atoms with E-state index in [2.05, 4.69) is 10.5 Å². The van der Waals surface area contributed by atoms with E-state index in [1.165, 1.54) is 6.08 Å². The number of methoxy groups -OCH3 is 1. The van der Waals surface area contributed by atoms with Crippen LogP contribution in [0, 0.1) is 11.3 Å². The number of ether oxygens (including phenoxy) is 1. The molecular weight excluding hydrogens is 234 g/mol. The summed E-state index contributed by atoms with van der Waals surface area (Å²) in [4.78, 5) is 11.4. The Morgan fingerprint density at radius 3 is 2.67 bits per heavy atom. The lowest BCUT2D eigenvalue weighted by Crippen LogP contribution is -2.22. The van der Waals surface area contributed by atoms with Crippen molar-refractivity contribution in [3.63, 3.8) is 0 Å². The average molecular weight is 245 g/mol. The van der Waals surface area contributed by atoms with E-state index in [0.29, 0.717) is 11.3 Å². The summed E-state index contributed by atoms with van der Waals surface area (Å²) in [6, 6.07) is 8.62. The van der Waals surface area contributed by atoms with Crippen molar-refractivity contribution in [2.24, 2.45) is 5.16 Å². The smallest absolute Gasteiger partial charge is 0.267 e. The van der Waals surface area contributed by atoms with Gasteiger partial charge < -0.3 is 15.3 Å². The molecule has 0 atom stereocenters. The van der Waals surface area contributed by atoms with Gasteiger partial charge in [0, 0.05) is 0 Å². The first-order valence-electron chi connectivity index (χ1n) is 4.94. The minimum absolute atomic E-state index is 0.0972. The molecule has 6 heteroatoms. The van der Waals surface area contributed by atoms with Crippen LogP contribution in [0.1, 0.15) is 5.56 Å². The summed E-state index contributed by atoms with van der Waals surface area (Å²) in [7, 11) is 1.55. The third-order valence-electron chi connectivity index (χ3n) is 2.05. The molecule has 18 heavy (non-hydrogen) atoms. The topological polar surface area (TPSA) is 94.7 Å². The quantitative estimate of drug-likeness (QED) is 0.208. The van der Waals surface area contributed by atoms with Crippen molar-refractivity contribution in [2.75, 3.05) is 7.11 Å². The second-order valence-corrected chi connectivity index (χ2v) is 3.16. The van der Waals surface area contributed by atoms with Gasteiger partial charge in [0.2, 0.25) is 0 Å². The highest BCUT2D eigenvalue weighted by Crippen LogP contribution is 2.13. The fourth-order valence-electron chi connectivity index (χ4n) is 1.18. The Balaban J connectivity index is 2.90. The molecule has 0 saturated carbocycles. The van der Waals surface area contributed by atoms with Crippen LogP contribution >= 0.6 is 0 Å². The summed E-state index contributed by atoms with van der Waals surface area (Å²) in [5.41, 5.74) is 0.587. The summed E-state index contributed by atoms with van der Waals surface area (Å²) in [5, 5.41) is 21.7. The molecule has 0 spiro atoms. The Hall–Kier alpha value is -2.81. The average Bonchev–Trinajstić information content (AvgIpc) is 2.42. The van der Waals surface area contributed by atoms with Crippen LogP contribution in [0.5, 0.6) is 5.75 Å². The number of hydrogen-bond donors (Lipinski definition) is 2. The van der Waals surface area contributed by atoms with Crippen LogP contribution < -0.4 is 10.1 Å². The fraction of sp³-hybridized carbons (Fsp3) is 0.0833. The van der Waals surface area contributed by atoms with Crippen LogP contribution in [0.4, 0.5) is 0 Å². The van der Waals surface area contributed by atoms with Crippen LogP contribution in [0.2, 0.25) is 0 Å². The van der Waals surface area contributed by atoms with Gasteiger partial charge in [0.15, 0.2) is 0 Å². The minimum Gasteiger partial charge on any atom is -0.497 e. The number of carbonyl (C=O) groups is 1. The molecule has 0 aliphatic carbocycles. The molecule has 0 aromatic heterocycles. The second-order valence-electron chi connectivity index (χ2n) is 3.16. The Morgan fingerprint density at radius 1 is 1.50 bits per heavy atom. The highest BCUT2D eigenvalue weighted by molar-refractivity contribution is 6.06. The van der Waals surface area contributed by atoms with Crippen molar-refractivity contribution in [1.29, 1.82) is 5.26 Å². The van der Waals surface area contributed by atoms with E-state index in [1.807, 2.05) is 0 Å². The van der Waals surface area contributed by atoms with Crippen molar-refractivity contribution in [1.82, 2.24) is 5.32 Å². The maximum absolute atomic E-state index is 11.4. The molecule has 1 amide bonds. The molecule has 92 valence electrons. The van der Waals surface area contributed by atoms with Gasteiger partial charge in [0.25, 0.3) is 5.91 Å². The first kappa shape index (κ1) is 13.3. The van der Waals surface area contributed by atoms with Crippen molar-refractivity contribution >= 4 is 18.3 Å². The zero-order chi connectivity index (χ0) is 13.4. The second kappa shape index (κ2) is 6.70. The van der Waals surface area contributed by atoms with Gasteiger partial charge in [-0.2, -0.15) is 5.26 Å². The monoisotopic (exact) mass is 245 g/mol. The van der Waals surface area contributed by atoms with Crippen LogP contribution in [0.25, 0.3) is 6.08 Å². The SMILES string of the molecule is COc1ccc(C=C(C#N)C(=O)N/C=N/O)cc1. The van der Waals surface area contributed by atoms with Crippen molar-refractivity contribution < 1.29 is 14.7 Å². The van der Waals surface area contributed by atoms with Crippen LogP contribution in [-0.2, 0) is 4.79 Å². The van der Waals surface area contributed by atoms with Crippen molar-refractivity contribution in [2.45, 2.75) is 0 Å². The van der Waals surface area contributed by atoms with Crippen molar-refractivity contribution in [3.8, 4) is 11.8 Å². The maximum Gasteiger partial charge on any atom is 0.267 e. The van der Waals surface area contributed by atoms with E-state index in [-0.39, 0.29) is 5.57 Å². The number of nitrogens with one attached hydrogen (secondary N) is 1. The molecule has 0 aliphatic rings. The molecule has 1 aromatic carbocycles. The Bertz CT molecular complexity index is 512. The molecular formula is C12H11N3O3. The lowest BCUT2D eigenvalue weighted by molar-refractivity contribution is -0.115. The standard InChI is InChI=1S/C12H11N3O3/c1-18-11-4-2-9(3-5-11)6-10(7-13)12(16)14-8-15-17/h2-6,8,17H,1H3,(H,14,15,16). The van der Waals surface area contributed by atoms with Crippen molar-refractivity contribution in [3.05, 3.63) is 35.4 Å². The van der Waals surface area contributed by atoms with Gasteiger partial charge in [0.05, 0.1) is 7.11 Å². The lowest BCUT2D eigenvalue weighted by Gasteiger charge is -2.00. The molecule has 0 unspecified atom stereocenters. The van der Waals surface area contributed by atoms with Gasteiger partial charge in [-0.25, -0.2) is 0 Å². The minimum atomic E-state index is -0.647. The van der Waals surface area contributed by atoms with Gasteiger partial charge >= 0.3 is 0 Å². The zero-order valence-corrected chi connectivity index (χ0v) is 9.62. The predicted octanol–water partition coefficient (Wildman–Crippen LogP) is 1.14. The third-order valence-corrected chi connectivity index (χ3v) is 2.05. The number of rotatable bonds is 4. The number of amides is 1. The number of benzene rings is 1. The molecule has 1 rings (SSSR count). The maximum atomic E-state index is 11.4. The molecule has 0 bridgehead atoms. The molecule has 0 radical (unpaired) electrons. The summed E-state index contributed by atoms with van der Waals surface area (Å²) >= 11 is 0. The first-order valence-corrected chi connectivity index (χ1v) is 4.94. The van der Waals surface area contributed by atoms with Gasteiger partial charge in [-0.1, -0.05) is 17.3 Å². The number of oxime groups is 1. The summed E-state index contributed by atoms with van der Waals surface area (Å²) < 4.78 is 4.99. The highest BCUT2D eigenvalue weighted by Gasteiger charge is 2.07. The number of nitriles is 1. The normalized spacial score (nSPS) is 11.0. The largest absolute Gasteiger partial charge is 0.497 e. The van der Waals surface area contributed by atoms with E-state index >= 15 is 0 Å². The summed E-state index contributed by atoms with van der Waals surface area (Å²) in [6.07, 6.45) is 2.21. The molecule has 2 N–H and O–H groups in total. The molecule has 6 nitrogen and oxygen atoms in total. The van der Waals surface area contributed by atoms with E-state index in [0.717, 1.165) is 6.34 Å². The zero-order valence-electron chi connectivity index (χ0n) is 9.62. The first-order chi connectivity index (χ1) is 8.71. The van der Waals surface area contributed by atoms with Gasteiger partial charge in [-0.05, 0) is 23.8 Å². The lowest BCUT2D eigenvalue weighted by atomic mass is 10.1. The van der Waals surface area contributed by atoms with Crippen LogP contribution in [-0.4, -0.2) is 24.6 Å². The fourth-order valence-corrected chi connectivity index (χ4v) is 1.18. The number of nitrogens with zero attached hydrogens (tertiary/aromatic N) is 2. The Labute approximate surface area is 104 Å². The summed E-state index contributed by atoms with van der Waals surface area (Å²) in [6.45, 7) is 0. The Morgan fingerprint density at radius 2 is 2.17 bits per heavy atom. The highest BCUT2D eigenvalue weighted by atomic mass is 16.5. The number of carbonyl (C=O) groups excluding carboxylic acids is 1. The van der Waals surface area contributed by atoms with E-state index in [9.17, 15) is 4.79 Å². The third kappa shape index (κ3) is 3.64. The van der Waals surface area contributed by atoms with Gasteiger partial charge in [-0.3, -0.25) is 4.79 Å². The molecule has 1 aromatic rings. The van der Waals surface area contributed by atoms with Crippen LogP contribution in [0.15, 0.2) is 35.0 Å². The Kier molecular flexibility index (Phi) is 4.94. The van der Waals surface area contributed by atoms with Gasteiger partial charge in [-0.15, -0.1) is 0 Å². The van der Waals surface area contributed by atoms with E-state index < -0.39 is 5.91 Å². The molecule has 0 aliphatic heterocycles.